The maximum Gasteiger partial charge on any atom is 0.417 e. The van der Waals surface area contributed by atoms with E-state index in [-0.39, 0.29) is 18.6 Å². The Hall–Kier alpha value is -2.34. The number of methoxy groups -OCH3 is 1. The van der Waals surface area contributed by atoms with E-state index in [9.17, 15) is 9.59 Å². The number of hydrogen-bond acceptors (Lipinski definition) is 4. The highest BCUT2D eigenvalue weighted by atomic mass is 79.9. The fourth-order valence-corrected chi connectivity index (χ4v) is 3.53. The number of carbonyl (C=O) groups excluding carboxylic acids is 2. The molecule has 1 saturated heterocycles. The second kappa shape index (κ2) is 7.91. The van der Waals surface area contributed by atoms with Gasteiger partial charge in [0, 0.05) is 10.0 Å². The van der Waals surface area contributed by atoms with E-state index in [2.05, 4.69) is 15.9 Å². The largest absolute Gasteiger partial charge is 0.496 e. The molecule has 26 heavy (non-hydrogen) atoms. The van der Waals surface area contributed by atoms with E-state index in [1.54, 1.807) is 20.1 Å². The molecule has 2 aromatic rings. The molecule has 3 rings (SSSR count). The Morgan fingerprint density at radius 3 is 2.73 bits per heavy atom. The predicted molar refractivity (Wildman–Crippen MR) is 101 cm³/mol. The van der Waals surface area contributed by atoms with Gasteiger partial charge in [-0.1, -0.05) is 46.3 Å². The van der Waals surface area contributed by atoms with E-state index < -0.39 is 12.0 Å². The third kappa shape index (κ3) is 3.75. The van der Waals surface area contributed by atoms with Crippen LogP contribution in [0.4, 0.5) is 4.79 Å². The van der Waals surface area contributed by atoms with E-state index in [0.29, 0.717) is 12.2 Å². The second-order valence-electron chi connectivity index (χ2n) is 6.24. The molecule has 6 heteroatoms. The van der Waals surface area contributed by atoms with Crippen molar-refractivity contribution < 1.29 is 19.1 Å². The number of cyclic esters (lactones) is 1. The molecule has 0 bridgehead atoms. The molecule has 2 aromatic carbocycles. The van der Waals surface area contributed by atoms with Gasteiger partial charge in [0.25, 0.3) is 0 Å². The SMILES string of the molecule is COc1ccc(Br)cc1[C@@H](C)C(=O)N1C(=O)OC[C@H]1Cc1ccccc1. The van der Waals surface area contributed by atoms with Gasteiger partial charge < -0.3 is 9.47 Å². The van der Waals surface area contributed by atoms with E-state index in [1.165, 1.54) is 4.90 Å². The lowest BCUT2D eigenvalue weighted by molar-refractivity contribution is -0.130. The summed E-state index contributed by atoms with van der Waals surface area (Å²) in [4.78, 5) is 26.6. The molecule has 0 radical (unpaired) electrons. The van der Waals surface area contributed by atoms with Crippen LogP contribution in [0.1, 0.15) is 24.0 Å². The maximum absolute atomic E-state index is 13.1. The van der Waals surface area contributed by atoms with Gasteiger partial charge in [-0.05, 0) is 37.1 Å². The van der Waals surface area contributed by atoms with Gasteiger partial charge in [-0.3, -0.25) is 4.79 Å². The quantitative estimate of drug-likeness (QED) is 0.732. The first kappa shape index (κ1) is 18.5. The van der Waals surface area contributed by atoms with Crippen molar-refractivity contribution in [1.82, 2.24) is 4.90 Å². The fourth-order valence-electron chi connectivity index (χ4n) is 3.15. The van der Waals surface area contributed by atoms with Gasteiger partial charge in [-0.2, -0.15) is 0 Å². The molecule has 1 heterocycles. The summed E-state index contributed by atoms with van der Waals surface area (Å²) >= 11 is 3.42. The van der Waals surface area contributed by atoms with Crippen molar-refractivity contribution >= 4 is 27.9 Å². The summed E-state index contributed by atoms with van der Waals surface area (Å²) < 4.78 is 11.4. The summed E-state index contributed by atoms with van der Waals surface area (Å²) in [6.45, 7) is 1.99. The fraction of sp³-hybridized carbons (Fsp3) is 0.300. The van der Waals surface area contributed by atoms with Crippen LogP contribution < -0.4 is 4.74 Å². The van der Waals surface area contributed by atoms with Crippen molar-refractivity contribution in [3.05, 3.63) is 64.1 Å². The van der Waals surface area contributed by atoms with Gasteiger partial charge in [-0.25, -0.2) is 9.69 Å². The third-order valence-corrected chi connectivity index (χ3v) is 5.03. The molecule has 5 nitrogen and oxygen atoms in total. The lowest BCUT2D eigenvalue weighted by Gasteiger charge is -2.24. The van der Waals surface area contributed by atoms with Crippen LogP contribution in [0.3, 0.4) is 0 Å². The first-order chi connectivity index (χ1) is 12.5. The van der Waals surface area contributed by atoms with Crippen molar-refractivity contribution in [2.24, 2.45) is 0 Å². The second-order valence-corrected chi connectivity index (χ2v) is 7.15. The van der Waals surface area contributed by atoms with Gasteiger partial charge in [-0.15, -0.1) is 0 Å². The number of halogens is 1. The normalized spacial score (nSPS) is 17.7. The molecular weight excluding hydrogens is 398 g/mol. The molecule has 1 aliphatic heterocycles. The van der Waals surface area contributed by atoms with Crippen LogP contribution in [-0.4, -0.2) is 36.7 Å². The zero-order chi connectivity index (χ0) is 18.7. The van der Waals surface area contributed by atoms with Crippen LogP contribution in [0.25, 0.3) is 0 Å². The van der Waals surface area contributed by atoms with Crippen LogP contribution in [-0.2, 0) is 16.0 Å². The Morgan fingerprint density at radius 2 is 2.04 bits per heavy atom. The Morgan fingerprint density at radius 1 is 1.31 bits per heavy atom. The summed E-state index contributed by atoms with van der Waals surface area (Å²) in [6.07, 6.45) is -0.0162. The number of nitrogens with zero attached hydrogens (tertiary/aromatic N) is 1. The summed E-state index contributed by atoms with van der Waals surface area (Å²) in [5.74, 6) is -0.211. The van der Waals surface area contributed by atoms with Gasteiger partial charge in [0.05, 0.1) is 19.1 Å². The van der Waals surface area contributed by atoms with Crippen molar-refractivity contribution in [2.45, 2.75) is 25.3 Å². The molecule has 0 aliphatic carbocycles. The number of imide groups is 1. The van der Waals surface area contributed by atoms with Crippen molar-refractivity contribution in [2.75, 3.05) is 13.7 Å². The molecule has 0 saturated carbocycles. The number of rotatable bonds is 5. The van der Waals surface area contributed by atoms with Crippen LogP contribution in [0.5, 0.6) is 5.75 Å². The van der Waals surface area contributed by atoms with Crippen LogP contribution in [0, 0.1) is 0 Å². The zero-order valence-corrected chi connectivity index (χ0v) is 16.2. The van der Waals surface area contributed by atoms with Crippen molar-refractivity contribution in [3.8, 4) is 5.75 Å². The van der Waals surface area contributed by atoms with Gasteiger partial charge in [0.15, 0.2) is 0 Å². The number of carbonyl (C=O) groups is 2. The molecule has 0 aromatic heterocycles. The standard InChI is InChI=1S/C20H20BrNO4/c1-13(17-11-15(21)8-9-18(17)25-2)19(23)22-16(12-26-20(22)24)10-14-6-4-3-5-7-14/h3-9,11,13,16H,10,12H2,1-2H3/t13-,16-/m1/s1. The molecule has 0 N–H and O–H groups in total. The molecule has 1 aliphatic rings. The van der Waals surface area contributed by atoms with Crippen molar-refractivity contribution in [3.63, 3.8) is 0 Å². The minimum Gasteiger partial charge on any atom is -0.496 e. The highest BCUT2D eigenvalue weighted by molar-refractivity contribution is 9.10. The number of hydrogen-bond donors (Lipinski definition) is 0. The number of benzene rings is 2. The molecule has 1 fully saturated rings. The Balaban J connectivity index is 1.84. The van der Waals surface area contributed by atoms with Gasteiger partial charge in [0.2, 0.25) is 5.91 Å². The first-order valence-electron chi connectivity index (χ1n) is 8.38. The van der Waals surface area contributed by atoms with E-state index in [1.807, 2.05) is 42.5 Å². The molecular formula is C20H20BrNO4. The average Bonchev–Trinajstić information content (AvgIpc) is 3.01. The van der Waals surface area contributed by atoms with Crippen LogP contribution in [0.2, 0.25) is 0 Å². The summed E-state index contributed by atoms with van der Waals surface area (Å²) in [5.41, 5.74) is 1.78. The number of ether oxygens (including phenoxy) is 2. The minimum atomic E-state index is -0.586. The van der Waals surface area contributed by atoms with Gasteiger partial charge in [0.1, 0.15) is 12.4 Å². The summed E-state index contributed by atoms with van der Waals surface area (Å²) in [5, 5.41) is 0. The summed E-state index contributed by atoms with van der Waals surface area (Å²) in [7, 11) is 1.56. The lowest BCUT2D eigenvalue weighted by atomic mass is 9.97. The van der Waals surface area contributed by atoms with Gasteiger partial charge >= 0.3 is 6.09 Å². The smallest absolute Gasteiger partial charge is 0.417 e. The van der Waals surface area contributed by atoms with Crippen LogP contribution >= 0.6 is 15.9 Å². The lowest BCUT2D eigenvalue weighted by Crippen LogP contribution is -2.42. The predicted octanol–water partition coefficient (Wildman–Crippen LogP) is 4.15. The average molecular weight is 418 g/mol. The zero-order valence-electron chi connectivity index (χ0n) is 14.6. The molecule has 2 atom stereocenters. The Labute approximate surface area is 161 Å². The third-order valence-electron chi connectivity index (χ3n) is 4.54. The monoisotopic (exact) mass is 417 g/mol. The minimum absolute atomic E-state index is 0.210. The van der Waals surface area contributed by atoms with E-state index >= 15 is 0 Å². The van der Waals surface area contributed by atoms with Crippen LogP contribution in [0.15, 0.2) is 53.0 Å². The van der Waals surface area contributed by atoms with E-state index in [4.69, 9.17) is 9.47 Å². The number of amides is 2. The highest BCUT2D eigenvalue weighted by Crippen LogP contribution is 2.32. The van der Waals surface area contributed by atoms with Crippen molar-refractivity contribution in [1.29, 1.82) is 0 Å². The highest BCUT2D eigenvalue weighted by Gasteiger charge is 2.40. The molecule has 136 valence electrons. The Kier molecular flexibility index (Phi) is 5.61. The molecule has 2 amide bonds. The Bertz CT molecular complexity index is 809. The maximum atomic E-state index is 13.1. The molecule has 0 unspecified atom stereocenters. The first-order valence-corrected chi connectivity index (χ1v) is 9.17. The summed E-state index contributed by atoms with van der Waals surface area (Å²) in [6, 6.07) is 15.0. The topological polar surface area (TPSA) is 55.8 Å². The van der Waals surface area contributed by atoms with E-state index in [0.717, 1.165) is 15.6 Å². The molecule has 0 spiro atoms.